The fraction of sp³-hybridized carbons (Fsp3) is 0.385. The summed E-state index contributed by atoms with van der Waals surface area (Å²) in [6, 6.07) is 7.70. The van der Waals surface area contributed by atoms with E-state index in [-0.39, 0.29) is 16.8 Å². The van der Waals surface area contributed by atoms with Gasteiger partial charge in [0.1, 0.15) is 0 Å². The van der Waals surface area contributed by atoms with Gasteiger partial charge in [-0.3, -0.25) is 4.79 Å². The number of rotatable bonds is 6. The van der Waals surface area contributed by atoms with E-state index < -0.39 is 0 Å². The summed E-state index contributed by atoms with van der Waals surface area (Å²) in [6.07, 6.45) is 3.57. The second-order valence-electron chi connectivity index (χ2n) is 3.96. The van der Waals surface area contributed by atoms with E-state index >= 15 is 0 Å². The van der Waals surface area contributed by atoms with Crippen LogP contribution in [0.15, 0.2) is 29.2 Å². The third kappa shape index (κ3) is 4.31. The minimum absolute atomic E-state index is 0.124. The van der Waals surface area contributed by atoms with Crippen molar-refractivity contribution in [2.45, 2.75) is 24.7 Å². The smallest absolute Gasteiger partial charge is 0.234 e. The summed E-state index contributed by atoms with van der Waals surface area (Å²) in [5.41, 5.74) is 6.36. The molecule has 1 atom stereocenters. The summed E-state index contributed by atoms with van der Waals surface area (Å²) in [4.78, 5) is 13.4. The maximum absolute atomic E-state index is 12.0. The lowest BCUT2D eigenvalue weighted by atomic mass is 10.0. The van der Waals surface area contributed by atoms with Gasteiger partial charge in [-0.05, 0) is 36.9 Å². The van der Waals surface area contributed by atoms with Crippen molar-refractivity contribution >= 4 is 40.6 Å². The highest BCUT2D eigenvalue weighted by atomic mass is 32.2. The highest BCUT2D eigenvalue weighted by Gasteiger charge is 2.20. The molecule has 1 amide bonds. The Kier molecular flexibility index (Phi) is 6.15. The van der Waals surface area contributed by atoms with Gasteiger partial charge in [-0.25, -0.2) is 0 Å². The molecule has 0 heterocycles. The van der Waals surface area contributed by atoms with E-state index in [2.05, 4.69) is 5.32 Å². The number of hydrogen-bond acceptors (Lipinski definition) is 3. The van der Waals surface area contributed by atoms with Crippen LogP contribution < -0.4 is 11.1 Å². The summed E-state index contributed by atoms with van der Waals surface area (Å²) in [6.45, 7) is 2.01. The molecule has 0 saturated heterocycles. The topological polar surface area (TPSA) is 55.1 Å². The monoisotopic (exact) mass is 282 g/mol. The van der Waals surface area contributed by atoms with Gasteiger partial charge in [0.05, 0.1) is 10.9 Å². The Morgan fingerprint density at radius 3 is 2.50 bits per heavy atom. The molecule has 1 rings (SSSR count). The van der Waals surface area contributed by atoms with Gasteiger partial charge < -0.3 is 11.1 Å². The van der Waals surface area contributed by atoms with Crippen molar-refractivity contribution in [3.05, 3.63) is 24.3 Å². The molecule has 0 radical (unpaired) electrons. The quantitative estimate of drug-likeness (QED) is 0.622. The average Bonchev–Trinajstić information content (AvgIpc) is 2.36. The van der Waals surface area contributed by atoms with E-state index in [0.717, 1.165) is 17.0 Å². The van der Waals surface area contributed by atoms with Crippen LogP contribution in [0.3, 0.4) is 0 Å². The second-order valence-corrected chi connectivity index (χ2v) is 5.31. The lowest BCUT2D eigenvalue weighted by molar-refractivity contribution is -0.118. The standard InChI is InChI=1S/C13H18N2OS2/c1-3-4-11(12(14)17)13(16)15-9-5-7-10(18-2)8-6-9/h5-8,11H,3-4H2,1-2H3,(H2,14,17)(H,15,16). The normalized spacial score (nSPS) is 11.9. The van der Waals surface area contributed by atoms with Crippen molar-refractivity contribution in [3.63, 3.8) is 0 Å². The van der Waals surface area contributed by atoms with Crippen LogP contribution in [-0.2, 0) is 4.79 Å². The van der Waals surface area contributed by atoms with Gasteiger partial charge >= 0.3 is 0 Å². The molecule has 0 saturated carbocycles. The van der Waals surface area contributed by atoms with Crippen LogP contribution in [0, 0.1) is 5.92 Å². The predicted molar refractivity (Wildman–Crippen MR) is 82.0 cm³/mol. The molecule has 18 heavy (non-hydrogen) atoms. The molecule has 0 aliphatic carbocycles. The number of carbonyl (C=O) groups is 1. The van der Waals surface area contributed by atoms with Gasteiger partial charge in [-0.1, -0.05) is 25.6 Å². The molecule has 0 bridgehead atoms. The molecule has 5 heteroatoms. The van der Waals surface area contributed by atoms with Gasteiger partial charge in [0.25, 0.3) is 0 Å². The van der Waals surface area contributed by atoms with Gasteiger partial charge in [0, 0.05) is 10.6 Å². The van der Waals surface area contributed by atoms with Crippen molar-refractivity contribution in [3.8, 4) is 0 Å². The van der Waals surface area contributed by atoms with E-state index in [4.69, 9.17) is 18.0 Å². The highest BCUT2D eigenvalue weighted by molar-refractivity contribution is 7.98. The Hall–Kier alpha value is -1.07. The zero-order valence-electron chi connectivity index (χ0n) is 10.6. The molecule has 1 unspecified atom stereocenters. The summed E-state index contributed by atoms with van der Waals surface area (Å²) >= 11 is 6.59. The number of nitrogens with one attached hydrogen (secondary N) is 1. The van der Waals surface area contributed by atoms with E-state index in [1.54, 1.807) is 11.8 Å². The minimum atomic E-state index is -0.384. The maximum atomic E-state index is 12.0. The van der Waals surface area contributed by atoms with Crippen LogP contribution >= 0.6 is 24.0 Å². The number of hydrogen-bond donors (Lipinski definition) is 2. The van der Waals surface area contributed by atoms with Gasteiger partial charge in [-0.2, -0.15) is 0 Å². The SMILES string of the molecule is CCCC(C(=O)Nc1ccc(SC)cc1)C(N)=S. The fourth-order valence-electron chi connectivity index (χ4n) is 1.59. The maximum Gasteiger partial charge on any atom is 0.234 e. The molecule has 1 aromatic rings. The first-order valence-electron chi connectivity index (χ1n) is 5.82. The van der Waals surface area contributed by atoms with Crippen LogP contribution in [0.1, 0.15) is 19.8 Å². The van der Waals surface area contributed by atoms with Gasteiger partial charge in [0.15, 0.2) is 0 Å². The number of thioether (sulfide) groups is 1. The van der Waals surface area contributed by atoms with Crippen LogP contribution in [0.2, 0.25) is 0 Å². The summed E-state index contributed by atoms with van der Waals surface area (Å²) in [5, 5.41) is 2.84. The summed E-state index contributed by atoms with van der Waals surface area (Å²) in [5.74, 6) is -0.508. The molecular weight excluding hydrogens is 264 g/mol. The molecule has 98 valence electrons. The minimum Gasteiger partial charge on any atom is -0.393 e. The molecule has 0 aliphatic rings. The third-order valence-corrected chi connectivity index (χ3v) is 3.62. The number of amides is 1. The first kappa shape index (κ1) is 15.0. The Labute approximate surface area is 118 Å². The lowest BCUT2D eigenvalue weighted by Gasteiger charge is -2.14. The third-order valence-electron chi connectivity index (χ3n) is 2.59. The molecule has 0 fully saturated rings. The Balaban J connectivity index is 2.69. The molecule has 0 aromatic heterocycles. The van der Waals surface area contributed by atoms with Crippen LogP contribution in [0.5, 0.6) is 0 Å². The largest absolute Gasteiger partial charge is 0.393 e. The summed E-state index contributed by atoms with van der Waals surface area (Å²) < 4.78 is 0. The number of anilines is 1. The number of carbonyl (C=O) groups excluding carboxylic acids is 1. The van der Waals surface area contributed by atoms with Crippen molar-refractivity contribution in [2.24, 2.45) is 11.7 Å². The average molecular weight is 282 g/mol. The van der Waals surface area contributed by atoms with E-state index in [1.165, 1.54) is 0 Å². The van der Waals surface area contributed by atoms with E-state index in [9.17, 15) is 4.79 Å². The van der Waals surface area contributed by atoms with Crippen LogP contribution in [-0.4, -0.2) is 17.2 Å². The van der Waals surface area contributed by atoms with E-state index in [0.29, 0.717) is 6.42 Å². The first-order valence-corrected chi connectivity index (χ1v) is 7.46. The fourth-order valence-corrected chi connectivity index (χ4v) is 2.23. The second kappa shape index (κ2) is 7.38. The Morgan fingerprint density at radius 1 is 1.44 bits per heavy atom. The van der Waals surface area contributed by atoms with E-state index in [1.807, 2.05) is 37.4 Å². The molecule has 0 spiro atoms. The molecule has 3 nitrogen and oxygen atoms in total. The number of thiocarbonyl (C=S) groups is 1. The van der Waals surface area contributed by atoms with Crippen molar-refractivity contribution < 1.29 is 4.79 Å². The molecular formula is C13H18N2OS2. The Bertz CT molecular complexity index is 418. The predicted octanol–water partition coefficient (Wildman–Crippen LogP) is 3.05. The van der Waals surface area contributed by atoms with Gasteiger partial charge in [0.2, 0.25) is 5.91 Å². The highest BCUT2D eigenvalue weighted by Crippen LogP contribution is 2.18. The number of nitrogens with two attached hydrogens (primary N) is 1. The van der Waals surface area contributed by atoms with Crippen molar-refractivity contribution in [2.75, 3.05) is 11.6 Å². The Morgan fingerprint density at radius 2 is 2.06 bits per heavy atom. The first-order chi connectivity index (χ1) is 8.58. The lowest BCUT2D eigenvalue weighted by Crippen LogP contribution is -2.33. The van der Waals surface area contributed by atoms with Crippen molar-refractivity contribution in [1.29, 1.82) is 0 Å². The number of benzene rings is 1. The molecule has 0 aliphatic heterocycles. The van der Waals surface area contributed by atoms with Crippen molar-refractivity contribution in [1.82, 2.24) is 0 Å². The van der Waals surface area contributed by atoms with Crippen LogP contribution in [0.25, 0.3) is 0 Å². The molecule has 1 aromatic carbocycles. The zero-order valence-corrected chi connectivity index (χ0v) is 12.2. The zero-order chi connectivity index (χ0) is 13.5. The van der Waals surface area contributed by atoms with Crippen LogP contribution in [0.4, 0.5) is 5.69 Å². The summed E-state index contributed by atoms with van der Waals surface area (Å²) in [7, 11) is 0. The molecule has 3 N–H and O–H groups in total. The van der Waals surface area contributed by atoms with Gasteiger partial charge in [-0.15, -0.1) is 11.8 Å².